The molecule has 0 atom stereocenters. The van der Waals surface area contributed by atoms with Crippen LogP contribution in [-0.4, -0.2) is 32.1 Å². The Kier molecular flexibility index (Phi) is 5.56. The summed E-state index contributed by atoms with van der Waals surface area (Å²) in [5.74, 6) is -0.412. The molecule has 5 nitrogen and oxygen atoms in total. The van der Waals surface area contributed by atoms with Crippen molar-refractivity contribution >= 4 is 17.6 Å². The number of hydrogen-bond acceptors (Lipinski definition) is 4. The van der Waals surface area contributed by atoms with Gasteiger partial charge < -0.3 is 15.4 Å². The van der Waals surface area contributed by atoms with Crippen molar-refractivity contribution in [1.29, 1.82) is 0 Å². The minimum absolute atomic E-state index is 0.0377. The van der Waals surface area contributed by atoms with E-state index in [-0.39, 0.29) is 23.8 Å². The van der Waals surface area contributed by atoms with E-state index in [9.17, 15) is 9.59 Å². The summed E-state index contributed by atoms with van der Waals surface area (Å²) in [5.41, 5.74) is 2.66. The Balaban J connectivity index is 1.49. The van der Waals surface area contributed by atoms with Crippen LogP contribution in [0.1, 0.15) is 35.2 Å². The van der Waals surface area contributed by atoms with E-state index >= 15 is 0 Å². The number of esters is 1. The van der Waals surface area contributed by atoms with Gasteiger partial charge in [-0.3, -0.25) is 4.79 Å². The molecule has 0 saturated heterocycles. The van der Waals surface area contributed by atoms with Gasteiger partial charge in [-0.2, -0.15) is 0 Å². The van der Waals surface area contributed by atoms with Crippen molar-refractivity contribution in [3.8, 4) is 0 Å². The first-order chi connectivity index (χ1) is 12.6. The van der Waals surface area contributed by atoms with Gasteiger partial charge in [0.25, 0.3) is 0 Å². The van der Waals surface area contributed by atoms with Gasteiger partial charge in [0.15, 0.2) is 0 Å². The number of anilines is 1. The Morgan fingerprint density at radius 2 is 1.73 bits per heavy atom. The molecule has 5 heteroatoms. The highest BCUT2D eigenvalue weighted by atomic mass is 16.5. The zero-order valence-electron chi connectivity index (χ0n) is 15.0. The van der Waals surface area contributed by atoms with Crippen LogP contribution in [0, 0.1) is 0 Å². The monoisotopic (exact) mass is 352 g/mol. The molecule has 26 heavy (non-hydrogen) atoms. The van der Waals surface area contributed by atoms with Crippen molar-refractivity contribution in [2.24, 2.45) is 0 Å². The van der Waals surface area contributed by atoms with Crippen LogP contribution in [0.5, 0.6) is 0 Å². The molecule has 1 aliphatic rings. The first-order valence-electron chi connectivity index (χ1n) is 8.87. The van der Waals surface area contributed by atoms with Crippen LogP contribution in [0.15, 0.2) is 54.6 Å². The molecule has 0 heterocycles. The highest BCUT2D eigenvalue weighted by molar-refractivity contribution is 5.89. The van der Waals surface area contributed by atoms with Crippen LogP contribution < -0.4 is 10.6 Å². The molecule has 1 aliphatic carbocycles. The molecular weight excluding hydrogens is 328 g/mol. The number of hydrogen-bond donors (Lipinski definition) is 2. The van der Waals surface area contributed by atoms with Gasteiger partial charge in [0.2, 0.25) is 5.91 Å². The van der Waals surface area contributed by atoms with Crippen LogP contribution in [0.4, 0.5) is 5.69 Å². The second kappa shape index (κ2) is 8.04. The van der Waals surface area contributed by atoms with Crippen molar-refractivity contribution in [3.05, 3.63) is 65.7 Å². The largest absolute Gasteiger partial charge is 0.465 e. The molecule has 2 aromatic carbocycles. The third-order valence-corrected chi connectivity index (χ3v) is 5.08. The third kappa shape index (κ3) is 4.04. The Bertz CT molecular complexity index is 753. The molecule has 136 valence electrons. The predicted molar refractivity (Wildman–Crippen MR) is 101 cm³/mol. The lowest BCUT2D eigenvalue weighted by Crippen LogP contribution is -2.46. The molecule has 1 saturated carbocycles. The minimum atomic E-state index is -0.374. The number of nitrogens with one attached hydrogen (secondary N) is 2. The fourth-order valence-corrected chi connectivity index (χ4v) is 3.32. The summed E-state index contributed by atoms with van der Waals surface area (Å²) in [7, 11) is 1.35. The number of amides is 1. The number of carbonyl (C=O) groups is 2. The van der Waals surface area contributed by atoms with Crippen molar-refractivity contribution in [1.82, 2.24) is 5.32 Å². The quantitative estimate of drug-likeness (QED) is 0.752. The molecule has 2 aromatic rings. The summed E-state index contributed by atoms with van der Waals surface area (Å²) < 4.78 is 4.67. The first kappa shape index (κ1) is 18.0. The molecule has 0 radical (unpaired) electrons. The average Bonchev–Trinajstić information content (AvgIpc) is 2.66. The lowest BCUT2D eigenvalue weighted by atomic mass is 9.64. The maximum Gasteiger partial charge on any atom is 0.337 e. The summed E-state index contributed by atoms with van der Waals surface area (Å²) in [5, 5.41) is 6.13. The normalized spacial score (nSPS) is 14.8. The van der Waals surface area contributed by atoms with Crippen LogP contribution in [0.3, 0.4) is 0 Å². The number of carbonyl (C=O) groups excluding carboxylic acids is 2. The minimum Gasteiger partial charge on any atom is -0.465 e. The number of benzene rings is 2. The molecule has 0 bridgehead atoms. The Hall–Kier alpha value is -2.82. The second-order valence-electron chi connectivity index (χ2n) is 6.70. The van der Waals surface area contributed by atoms with E-state index in [0.717, 1.165) is 18.5 Å². The fourth-order valence-electron chi connectivity index (χ4n) is 3.32. The van der Waals surface area contributed by atoms with Crippen LogP contribution in [-0.2, 0) is 14.9 Å². The van der Waals surface area contributed by atoms with Crippen molar-refractivity contribution < 1.29 is 14.3 Å². The smallest absolute Gasteiger partial charge is 0.337 e. The molecule has 1 amide bonds. The number of rotatable bonds is 7. The summed E-state index contributed by atoms with van der Waals surface area (Å²) >= 11 is 0. The molecular formula is C21H24N2O3. The van der Waals surface area contributed by atoms with Gasteiger partial charge in [0.05, 0.1) is 19.2 Å². The van der Waals surface area contributed by atoms with Crippen LogP contribution in [0.25, 0.3) is 0 Å². The number of methoxy groups -OCH3 is 1. The highest BCUT2D eigenvalue weighted by Gasteiger charge is 2.38. The van der Waals surface area contributed by atoms with E-state index in [1.54, 1.807) is 24.3 Å². The van der Waals surface area contributed by atoms with Gasteiger partial charge in [-0.25, -0.2) is 4.79 Å². The molecule has 0 aromatic heterocycles. The standard InChI is InChI=1S/C21H24N2O3/c1-26-20(25)16-8-10-18(11-9-16)22-14-19(24)23-15-21(12-5-13-21)17-6-3-2-4-7-17/h2-4,6-11,22H,5,12-15H2,1H3,(H,23,24). The molecule has 0 spiro atoms. The third-order valence-electron chi connectivity index (χ3n) is 5.08. The summed E-state index contributed by atoms with van der Waals surface area (Å²) in [6, 6.07) is 17.3. The van der Waals surface area contributed by atoms with E-state index in [2.05, 4.69) is 39.6 Å². The van der Waals surface area contributed by atoms with Gasteiger partial charge >= 0.3 is 5.97 Å². The molecule has 1 fully saturated rings. The molecule has 3 rings (SSSR count). The summed E-state index contributed by atoms with van der Waals surface area (Å²) in [4.78, 5) is 23.6. The predicted octanol–water partition coefficient (Wildman–Crippen LogP) is 3.12. The molecule has 2 N–H and O–H groups in total. The van der Waals surface area contributed by atoms with Gasteiger partial charge in [-0.05, 0) is 42.7 Å². The SMILES string of the molecule is COC(=O)c1ccc(NCC(=O)NCC2(c3ccccc3)CCC2)cc1. The van der Waals surface area contributed by atoms with E-state index in [1.165, 1.54) is 19.1 Å². The Labute approximate surface area is 153 Å². The summed E-state index contributed by atoms with van der Waals surface area (Å²) in [6.45, 7) is 0.862. The lowest BCUT2D eigenvalue weighted by molar-refractivity contribution is -0.119. The zero-order chi connectivity index (χ0) is 18.4. The summed E-state index contributed by atoms with van der Waals surface area (Å²) in [6.07, 6.45) is 3.43. The van der Waals surface area contributed by atoms with Gasteiger partial charge in [-0.15, -0.1) is 0 Å². The second-order valence-corrected chi connectivity index (χ2v) is 6.70. The van der Waals surface area contributed by atoms with Gasteiger partial charge in [-0.1, -0.05) is 36.8 Å². The van der Waals surface area contributed by atoms with Gasteiger partial charge in [0.1, 0.15) is 0 Å². The maximum absolute atomic E-state index is 12.2. The van der Waals surface area contributed by atoms with E-state index in [4.69, 9.17) is 0 Å². The van der Waals surface area contributed by atoms with Crippen LogP contribution in [0.2, 0.25) is 0 Å². The lowest BCUT2D eigenvalue weighted by Gasteiger charge is -2.42. The topological polar surface area (TPSA) is 67.4 Å². The van der Waals surface area contributed by atoms with E-state index in [0.29, 0.717) is 12.1 Å². The van der Waals surface area contributed by atoms with Gasteiger partial charge in [0, 0.05) is 17.6 Å². The first-order valence-corrected chi connectivity index (χ1v) is 8.87. The number of ether oxygens (including phenoxy) is 1. The molecule has 0 unspecified atom stereocenters. The maximum atomic E-state index is 12.2. The van der Waals surface area contributed by atoms with Crippen molar-refractivity contribution in [2.75, 3.05) is 25.5 Å². The van der Waals surface area contributed by atoms with Crippen LogP contribution >= 0.6 is 0 Å². The highest BCUT2D eigenvalue weighted by Crippen LogP contribution is 2.43. The van der Waals surface area contributed by atoms with Crippen molar-refractivity contribution in [2.45, 2.75) is 24.7 Å². The molecule has 0 aliphatic heterocycles. The fraction of sp³-hybridized carbons (Fsp3) is 0.333. The van der Waals surface area contributed by atoms with E-state index in [1.807, 2.05) is 6.07 Å². The Morgan fingerprint density at radius 3 is 2.31 bits per heavy atom. The average molecular weight is 352 g/mol. The zero-order valence-corrected chi connectivity index (χ0v) is 15.0. The van der Waals surface area contributed by atoms with E-state index < -0.39 is 0 Å². The Morgan fingerprint density at radius 1 is 1.04 bits per heavy atom. The van der Waals surface area contributed by atoms with Crippen molar-refractivity contribution in [3.63, 3.8) is 0 Å².